The third-order valence-electron chi connectivity index (χ3n) is 3.47. The number of halogens is 3. The molecular formula is C17H17F3N4O4S. The Kier molecular flexibility index (Phi) is 7.65. The van der Waals surface area contributed by atoms with Crippen molar-refractivity contribution in [2.75, 3.05) is 11.9 Å². The summed E-state index contributed by atoms with van der Waals surface area (Å²) >= 11 is 0.934. The summed E-state index contributed by atoms with van der Waals surface area (Å²) in [6, 6.07) is 6.60. The van der Waals surface area contributed by atoms with Gasteiger partial charge in [0.25, 0.3) is 0 Å². The molecule has 0 saturated heterocycles. The summed E-state index contributed by atoms with van der Waals surface area (Å²) in [5, 5.41) is 12.1. The molecule has 1 aromatic heterocycles. The lowest BCUT2D eigenvalue weighted by molar-refractivity contribution is -0.174. The van der Waals surface area contributed by atoms with Gasteiger partial charge in [0, 0.05) is 0 Å². The average molecular weight is 430 g/mol. The van der Waals surface area contributed by atoms with Crippen LogP contribution in [0.5, 0.6) is 0 Å². The van der Waals surface area contributed by atoms with Crippen molar-refractivity contribution in [3.05, 3.63) is 40.9 Å². The van der Waals surface area contributed by atoms with Crippen molar-refractivity contribution >= 4 is 34.3 Å². The SMILES string of the molecule is CCOC(=O)Cc1nnc(NC(=O)C[C@@H](NC(=O)C(F)(F)F)c2ccccc2)s1. The van der Waals surface area contributed by atoms with Crippen LogP contribution in [0, 0.1) is 0 Å². The molecule has 2 amide bonds. The van der Waals surface area contributed by atoms with Crippen LogP contribution in [0.1, 0.15) is 30.0 Å². The van der Waals surface area contributed by atoms with Crippen LogP contribution in [-0.4, -0.2) is 40.8 Å². The Morgan fingerprint density at radius 3 is 2.48 bits per heavy atom. The van der Waals surface area contributed by atoms with Crippen molar-refractivity contribution in [3.63, 3.8) is 0 Å². The molecule has 0 unspecified atom stereocenters. The molecule has 0 fully saturated rings. The van der Waals surface area contributed by atoms with Crippen LogP contribution in [0.2, 0.25) is 0 Å². The number of rotatable bonds is 8. The molecule has 156 valence electrons. The fraction of sp³-hybridized carbons (Fsp3) is 0.353. The molecule has 2 rings (SSSR count). The third kappa shape index (κ3) is 7.14. The van der Waals surface area contributed by atoms with Gasteiger partial charge in [-0.1, -0.05) is 41.7 Å². The lowest BCUT2D eigenvalue weighted by atomic mass is 10.0. The van der Waals surface area contributed by atoms with E-state index in [9.17, 15) is 27.6 Å². The zero-order valence-corrected chi connectivity index (χ0v) is 16.0. The first-order valence-electron chi connectivity index (χ1n) is 8.39. The maximum Gasteiger partial charge on any atom is 0.471 e. The van der Waals surface area contributed by atoms with E-state index in [1.165, 1.54) is 12.1 Å². The predicted octanol–water partition coefficient (Wildman–Crippen LogP) is 2.39. The van der Waals surface area contributed by atoms with E-state index in [1.807, 2.05) is 5.32 Å². The Hall–Kier alpha value is -3.02. The number of carbonyl (C=O) groups is 3. The Bertz CT molecular complexity index is 858. The molecule has 2 aromatic rings. The van der Waals surface area contributed by atoms with Gasteiger partial charge in [0.15, 0.2) is 0 Å². The number of esters is 1. The molecule has 1 aromatic carbocycles. The van der Waals surface area contributed by atoms with Gasteiger partial charge < -0.3 is 15.4 Å². The van der Waals surface area contributed by atoms with E-state index in [4.69, 9.17) is 4.74 Å². The van der Waals surface area contributed by atoms with Crippen LogP contribution in [0.3, 0.4) is 0 Å². The zero-order chi connectivity index (χ0) is 21.4. The second-order valence-electron chi connectivity index (χ2n) is 5.67. The normalized spacial score (nSPS) is 12.1. The molecule has 0 radical (unpaired) electrons. The van der Waals surface area contributed by atoms with Gasteiger partial charge in [0.05, 0.1) is 25.5 Å². The monoisotopic (exact) mass is 430 g/mol. The second-order valence-corrected chi connectivity index (χ2v) is 6.73. The third-order valence-corrected chi connectivity index (χ3v) is 4.31. The first-order valence-corrected chi connectivity index (χ1v) is 9.21. The van der Waals surface area contributed by atoms with Crippen LogP contribution in [-0.2, 0) is 25.5 Å². The lowest BCUT2D eigenvalue weighted by Crippen LogP contribution is -2.40. The highest BCUT2D eigenvalue weighted by molar-refractivity contribution is 7.15. The van der Waals surface area contributed by atoms with Gasteiger partial charge in [-0.3, -0.25) is 14.4 Å². The highest BCUT2D eigenvalue weighted by Crippen LogP contribution is 2.22. The van der Waals surface area contributed by atoms with Crippen LogP contribution in [0.25, 0.3) is 0 Å². The Morgan fingerprint density at radius 2 is 1.86 bits per heavy atom. The van der Waals surface area contributed by atoms with E-state index in [0.29, 0.717) is 10.6 Å². The predicted molar refractivity (Wildman–Crippen MR) is 96.9 cm³/mol. The maximum atomic E-state index is 12.6. The molecule has 8 nitrogen and oxygen atoms in total. The van der Waals surface area contributed by atoms with Crippen LogP contribution >= 0.6 is 11.3 Å². The summed E-state index contributed by atoms with van der Waals surface area (Å²) in [4.78, 5) is 35.0. The fourth-order valence-electron chi connectivity index (χ4n) is 2.24. The van der Waals surface area contributed by atoms with Crippen LogP contribution in [0.15, 0.2) is 30.3 Å². The number of nitrogens with one attached hydrogen (secondary N) is 2. The first kappa shape index (κ1) is 22.3. The number of carbonyl (C=O) groups excluding carboxylic acids is 3. The zero-order valence-electron chi connectivity index (χ0n) is 15.2. The van der Waals surface area contributed by atoms with Gasteiger partial charge in [0.1, 0.15) is 5.01 Å². The summed E-state index contributed by atoms with van der Waals surface area (Å²) in [5.41, 5.74) is 0.334. The van der Waals surface area contributed by atoms with Crippen LogP contribution in [0.4, 0.5) is 18.3 Å². The molecule has 1 atom stereocenters. The van der Waals surface area contributed by atoms with E-state index in [-0.39, 0.29) is 18.2 Å². The minimum absolute atomic E-state index is 0.0725. The molecule has 29 heavy (non-hydrogen) atoms. The number of alkyl halides is 3. The number of aromatic nitrogens is 2. The molecule has 0 bridgehead atoms. The summed E-state index contributed by atoms with van der Waals surface area (Å²) in [6.45, 7) is 1.87. The molecule has 1 heterocycles. The molecule has 0 aliphatic rings. The van der Waals surface area contributed by atoms with Crippen molar-refractivity contribution in [2.24, 2.45) is 0 Å². The van der Waals surface area contributed by atoms with Gasteiger partial charge >= 0.3 is 18.1 Å². The van der Waals surface area contributed by atoms with E-state index in [0.717, 1.165) is 11.3 Å². The molecule has 0 saturated carbocycles. The van der Waals surface area contributed by atoms with E-state index in [2.05, 4.69) is 15.5 Å². The summed E-state index contributed by atoms with van der Waals surface area (Å²) in [6.07, 6.45) is -5.65. The Balaban J connectivity index is 2.03. The Morgan fingerprint density at radius 1 is 1.17 bits per heavy atom. The van der Waals surface area contributed by atoms with E-state index >= 15 is 0 Å². The summed E-state index contributed by atoms with van der Waals surface area (Å²) in [7, 11) is 0. The molecule has 0 spiro atoms. The highest BCUT2D eigenvalue weighted by Gasteiger charge is 2.40. The number of anilines is 1. The first-order chi connectivity index (χ1) is 13.7. The number of benzene rings is 1. The maximum absolute atomic E-state index is 12.6. The van der Waals surface area contributed by atoms with Gasteiger partial charge in [0.2, 0.25) is 11.0 Å². The minimum atomic E-state index is -5.08. The molecular weight excluding hydrogens is 413 g/mol. The number of hydrogen-bond acceptors (Lipinski definition) is 7. The largest absolute Gasteiger partial charge is 0.471 e. The van der Waals surface area contributed by atoms with Gasteiger partial charge in [-0.05, 0) is 12.5 Å². The topological polar surface area (TPSA) is 110 Å². The van der Waals surface area contributed by atoms with Gasteiger partial charge in [-0.15, -0.1) is 10.2 Å². The number of ether oxygens (including phenoxy) is 1. The van der Waals surface area contributed by atoms with Crippen molar-refractivity contribution in [2.45, 2.75) is 32.0 Å². The van der Waals surface area contributed by atoms with Crippen molar-refractivity contribution < 1.29 is 32.3 Å². The number of hydrogen-bond donors (Lipinski definition) is 2. The standard InChI is InChI=1S/C17H17F3N4O4S/c1-2-28-14(26)9-13-23-24-16(29-13)22-12(25)8-11(10-6-4-3-5-7-10)21-15(27)17(18,19)20/h3-7,11H,2,8-9H2,1H3,(H,21,27)(H,22,24,25)/t11-/m1/s1. The van der Waals surface area contributed by atoms with Gasteiger partial charge in [-0.25, -0.2) is 0 Å². The highest BCUT2D eigenvalue weighted by atomic mass is 32.1. The number of nitrogens with zero attached hydrogens (tertiary/aromatic N) is 2. The average Bonchev–Trinajstić information content (AvgIpc) is 3.07. The Labute approximate surface area is 167 Å². The number of amides is 2. The van der Waals surface area contributed by atoms with E-state index < -0.39 is 36.4 Å². The minimum Gasteiger partial charge on any atom is -0.466 e. The van der Waals surface area contributed by atoms with Crippen molar-refractivity contribution in [1.29, 1.82) is 0 Å². The lowest BCUT2D eigenvalue weighted by Gasteiger charge is -2.19. The smallest absolute Gasteiger partial charge is 0.466 e. The molecule has 2 N–H and O–H groups in total. The summed E-state index contributed by atoms with van der Waals surface area (Å²) < 4.78 is 42.6. The van der Waals surface area contributed by atoms with Crippen molar-refractivity contribution in [1.82, 2.24) is 15.5 Å². The van der Waals surface area contributed by atoms with Crippen molar-refractivity contribution in [3.8, 4) is 0 Å². The molecule has 0 aliphatic heterocycles. The second kappa shape index (κ2) is 9.96. The molecule has 0 aliphatic carbocycles. The quantitative estimate of drug-likeness (QED) is 0.623. The van der Waals surface area contributed by atoms with Crippen LogP contribution < -0.4 is 10.6 Å². The van der Waals surface area contributed by atoms with E-state index in [1.54, 1.807) is 25.1 Å². The summed E-state index contributed by atoms with van der Waals surface area (Å²) in [5.74, 6) is -3.33. The molecule has 12 heteroatoms. The fourth-order valence-corrected chi connectivity index (χ4v) is 2.99. The van der Waals surface area contributed by atoms with Gasteiger partial charge in [-0.2, -0.15) is 13.2 Å².